The van der Waals surface area contributed by atoms with E-state index in [1.807, 2.05) is 6.92 Å². The SMILES string of the molecule is CCOc1cc(/C=C/C(=O)c2ccc(C)o2)ccc1O. The van der Waals surface area contributed by atoms with Gasteiger partial charge in [-0.25, -0.2) is 0 Å². The minimum atomic E-state index is -0.205. The molecule has 0 radical (unpaired) electrons. The van der Waals surface area contributed by atoms with Gasteiger partial charge in [0.2, 0.25) is 5.78 Å². The van der Waals surface area contributed by atoms with Gasteiger partial charge in [0.15, 0.2) is 17.3 Å². The van der Waals surface area contributed by atoms with Gasteiger partial charge in [-0.15, -0.1) is 0 Å². The Hall–Kier alpha value is -2.49. The summed E-state index contributed by atoms with van der Waals surface area (Å²) in [7, 11) is 0. The first-order valence-electron chi connectivity index (χ1n) is 6.35. The Morgan fingerprint density at radius 1 is 1.35 bits per heavy atom. The summed E-state index contributed by atoms with van der Waals surface area (Å²) in [4.78, 5) is 11.8. The normalized spacial score (nSPS) is 10.9. The molecule has 4 heteroatoms. The number of aryl methyl sites for hydroxylation is 1. The van der Waals surface area contributed by atoms with Crippen LogP contribution >= 0.6 is 0 Å². The zero-order chi connectivity index (χ0) is 14.5. The Labute approximate surface area is 117 Å². The van der Waals surface area contributed by atoms with Crippen LogP contribution in [0.5, 0.6) is 11.5 Å². The number of rotatable bonds is 5. The molecule has 0 aliphatic carbocycles. The van der Waals surface area contributed by atoms with E-state index in [2.05, 4.69) is 0 Å². The smallest absolute Gasteiger partial charge is 0.221 e. The molecule has 0 aliphatic heterocycles. The Balaban J connectivity index is 2.15. The minimum Gasteiger partial charge on any atom is -0.504 e. The second kappa shape index (κ2) is 6.10. The lowest BCUT2D eigenvalue weighted by atomic mass is 10.1. The number of aromatic hydroxyl groups is 1. The van der Waals surface area contributed by atoms with E-state index in [0.717, 1.165) is 5.56 Å². The number of allylic oxidation sites excluding steroid dienone is 1. The van der Waals surface area contributed by atoms with Crippen molar-refractivity contribution in [2.45, 2.75) is 13.8 Å². The zero-order valence-electron chi connectivity index (χ0n) is 11.4. The quantitative estimate of drug-likeness (QED) is 0.667. The van der Waals surface area contributed by atoms with Crippen LogP contribution in [0, 0.1) is 6.92 Å². The molecule has 20 heavy (non-hydrogen) atoms. The fourth-order valence-corrected chi connectivity index (χ4v) is 1.73. The molecule has 0 fully saturated rings. The lowest BCUT2D eigenvalue weighted by Gasteiger charge is -2.06. The fraction of sp³-hybridized carbons (Fsp3) is 0.188. The van der Waals surface area contributed by atoms with Gasteiger partial charge in [-0.3, -0.25) is 4.79 Å². The average molecular weight is 272 g/mol. The number of hydrogen-bond donors (Lipinski definition) is 1. The molecule has 4 nitrogen and oxygen atoms in total. The molecule has 2 aromatic rings. The first kappa shape index (κ1) is 13.9. The van der Waals surface area contributed by atoms with Gasteiger partial charge < -0.3 is 14.3 Å². The highest BCUT2D eigenvalue weighted by molar-refractivity contribution is 6.04. The van der Waals surface area contributed by atoms with Crippen LogP contribution in [0.15, 0.2) is 40.8 Å². The molecule has 0 saturated heterocycles. The average Bonchev–Trinajstić information content (AvgIpc) is 2.86. The van der Waals surface area contributed by atoms with Crippen molar-refractivity contribution in [1.82, 2.24) is 0 Å². The van der Waals surface area contributed by atoms with Gasteiger partial charge in [0.05, 0.1) is 6.61 Å². The maximum absolute atomic E-state index is 11.8. The van der Waals surface area contributed by atoms with Gasteiger partial charge >= 0.3 is 0 Å². The van der Waals surface area contributed by atoms with Crippen LogP contribution in [0.2, 0.25) is 0 Å². The summed E-state index contributed by atoms with van der Waals surface area (Å²) in [5.74, 6) is 1.28. The molecule has 104 valence electrons. The molecule has 1 N–H and O–H groups in total. The van der Waals surface area contributed by atoms with Crippen LogP contribution in [0.3, 0.4) is 0 Å². The Morgan fingerprint density at radius 3 is 2.80 bits per heavy atom. The summed E-state index contributed by atoms with van der Waals surface area (Å²) in [6.07, 6.45) is 3.09. The Morgan fingerprint density at radius 2 is 2.15 bits per heavy atom. The van der Waals surface area contributed by atoms with E-state index >= 15 is 0 Å². The highest BCUT2D eigenvalue weighted by Gasteiger charge is 2.06. The number of ether oxygens (including phenoxy) is 1. The molecular weight excluding hydrogens is 256 g/mol. The maximum atomic E-state index is 11.8. The lowest BCUT2D eigenvalue weighted by Crippen LogP contribution is -1.93. The molecule has 1 heterocycles. The minimum absolute atomic E-state index is 0.0805. The van der Waals surface area contributed by atoms with Crippen molar-refractivity contribution < 1.29 is 19.1 Å². The van der Waals surface area contributed by atoms with E-state index in [9.17, 15) is 9.90 Å². The van der Waals surface area contributed by atoms with E-state index < -0.39 is 0 Å². The zero-order valence-corrected chi connectivity index (χ0v) is 11.4. The van der Waals surface area contributed by atoms with Crippen molar-refractivity contribution in [3.05, 3.63) is 53.5 Å². The molecule has 0 atom stereocenters. The number of phenolic OH excluding ortho intramolecular Hbond substituents is 1. The largest absolute Gasteiger partial charge is 0.504 e. The highest BCUT2D eigenvalue weighted by Crippen LogP contribution is 2.27. The predicted molar refractivity (Wildman–Crippen MR) is 76.1 cm³/mol. The predicted octanol–water partition coefficient (Wildman–Crippen LogP) is 3.59. The monoisotopic (exact) mass is 272 g/mol. The van der Waals surface area contributed by atoms with E-state index in [1.165, 1.54) is 12.1 Å². The number of phenols is 1. The molecule has 1 aromatic heterocycles. The van der Waals surface area contributed by atoms with Crippen LogP contribution in [0.4, 0.5) is 0 Å². The molecule has 0 bridgehead atoms. The number of ketones is 1. The third-order valence-electron chi connectivity index (χ3n) is 2.69. The topological polar surface area (TPSA) is 59.7 Å². The molecule has 0 spiro atoms. The summed E-state index contributed by atoms with van der Waals surface area (Å²) in [5, 5.41) is 9.59. The fourth-order valence-electron chi connectivity index (χ4n) is 1.73. The summed E-state index contributed by atoms with van der Waals surface area (Å²) in [5.41, 5.74) is 0.767. The lowest BCUT2D eigenvalue weighted by molar-refractivity contribution is 0.102. The number of hydrogen-bond acceptors (Lipinski definition) is 4. The number of carbonyl (C=O) groups excluding carboxylic acids is 1. The second-order valence-corrected chi connectivity index (χ2v) is 4.27. The van der Waals surface area contributed by atoms with Gasteiger partial charge in [-0.05, 0) is 49.8 Å². The van der Waals surface area contributed by atoms with Crippen molar-refractivity contribution in [3.63, 3.8) is 0 Å². The maximum Gasteiger partial charge on any atom is 0.221 e. The van der Waals surface area contributed by atoms with Crippen LogP contribution in [-0.2, 0) is 0 Å². The van der Waals surface area contributed by atoms with Crippen LogP contribution < -0.4 is 4.74 Å². The Kier molecular flexibility index (Phi) is 4.25. The molecular formula is C16H16O4. The standard InChI is InChI=1S/C16H16O4/c1-3-19-16-10-12(6-8-14(16)18)5-7-13(17)15-9-4-11(2)20-15/h4-10,18H,3H2,1-2H3/b7-5+. The van der Waals surface area contributed by atoms with Crippen molar-refractivity contribution >= 4 is 11.9 Å². The molecule has 0 saturated carbocycles. The number of carbonyl (C=O) groups is 1. The first-order chi connectivity index (χ1) is 9.60. The molecule has 0 aliphatic rings. The van der Waals surface area contributed by atoms with Crippen LogP contribution in [-0.4, -0.2) is 17.5 Å². The van der Waals surface area contributed by atoms with Gasteiger partial charge in [0.25, 0.3) is 0 Å². The van der Waals surface area contributed by atoms with E-state index in [0.29, 0.717) is 23.9 Å². The molecule has 0 amide bonds. The van der Waals surface area contributed by atoms with E-state index in [1.54, 1.807) is 37.3 Å². The Bertz CT molecular complexity index is 638. The third kappa shape index (κ3) is 3.29. The van der Waals surface area contributed by atoms with Crippen LogP contribution in [0.1, 0.15) is 28.8 Å². The van der Waals surface area contributed by atoms with Crippen molar-refractivity contribution in [3.8, 4) is 11.5 Å². The van der Waals surface area contributed by atoms with Gasteiger partial charge in [-0.1, -0.05) is 12.1 Å². The van der Waals surface area contributed by atoms with Gasteiger partial charge in [0, 0.05) is 0 Å². The van der Waals surface area contributed by atoms with Crippen molar-refractivity contribution in [2.24, 2.45) is 0 Å². The second-order valence-electron chi connectivity index (χ2n) is 4.27. The van der Waals surface area contributed by atoms with Gasteiger partial charge in [-0.2, -0.15) is 0 Å². The summed E-state index contributed by atoms with van der Waals surface area (Å²) < 4.78 is 10.5. The summed E-state index contributed by atoms with van der Waals surface area (Å²) in [6, 6.07) is 8.30. The molecule has 0 unspecified atom stereocenters. The summed E-state index contributed by atoms with van der Waals surface area (Å²) >= 11 is 0. The molecule has 2 rings (SSSR count). The van der Waals surface area contributed by atoms with Crippen molar-refractivity contribution in [1.29, 1.82) is 0 Å². The number of benzene rings is 1. The van der Waals surface area contributed by atoms with Crippen LogP contribution in [0.25, 0.3) is 6.08 Å². The number of furan rings is 1. The molecule has 1 aromatic carbocycles. The first-order valence-corrected chi connectivity index (χ1v) is 6.35. The summed E-state index contributed by atoms with van der Waals surface area (Å²) in [6.45, 7) is 4.09. The van der Waals surface area contributed by atoms with E-state index in [-0.39, 0.29) is 11.5 Å². The third-order valence-corrected chi connectivity index (χ3v) is 2.69. The van der Waals surface area contributed by atoms with E-state index in [4.69, 9.17) is 9.15 Å². The van der Waals surface area contributed by atoms with Gasteiger partial charge in [0.1, 0.15) is 5.76 Å². The highest BCUT2D eigenvalue weighted by atomic mass is 16.5. The van der Waals surface area contributed by atoms with Crippen molar-refractivity contribution in [2.75, 3.05) is 6.61 Å².